The summed E-state index contributed by atoms with van der Waals surface area (Å²) in [5.74, 6) is -0.606. The summed E-state index contributed by atoms with van der Waals surface area (Å²) in [6.07, 6.45) is 0. The van der Waals surface area contributed by atoms with E-state index < -0.39 is 5.91 Å². The molecule has 0 aliphatic rings. The standard InChI is InChI=1S/C16H18N4O2/c17-16(21)13-20(18-22)19(11-14-7-3-1-4-8-14)12-15-9-5-2-6-10-15/h1-10H,11-13H2,(H2,17,21). The zero-order valence-electron chi connectivity index (χ0n) is 12.1. The van der Waals surface area contributed by atoms with Gasteiger partial charge in [0.1, 0.15) is 6.54 Å². The molecule has 0 aliphatic heterocycles. The van der Waals surface area contributed by atoms with Crippen LogP contribution in [0.5, 0.6) is 0 Å². The van der Waals surface area contributed by atoms with E-state index in [1.807, 2.05) is 60.7 Å². The molecule has 0 aromatic heterocycles. The molecule has 0 saturated heterocycles. The lowest BCUT2D eigenvalue weighted by Gasteiger charge is -2.29. The molecule has 0 aliphatic carbocycles. The highest BCUT2D eigenvalue weighted by molar-refractivity contribution is 5.75. The number of carbonyl (C=O) groups is 1. The fourth-order valence-corrected chi connectivity index (χ4v) is 2.13. The van der Waals surface area contributed by atoms with E-state index in [4.69, 9.17) is 5.73 Å². The van der Waals surface area contributed by atoms with Gasteiger partial charge in [-0.05, 0) is 11.1 Å². The second-order valence-electron chi connectivity index (χ2n) is 4.87. The Balaban J connectivity index is 2.18. The largest absolute Gasteiger partial charge is 0.368 e. The van der Waals surface area contributed by atoms with Gasteiger partial charge in [0.2, 0.25) is 5.91 Å². The van der Waals surface area contributed by atoms with E-state index in [1.54, 1.807) is 5.01 Å². The predicted molar refractivity (Wildman–Crippen MR) is 83.8 cm³/mol. The average molecular weight is 298 g/mol. The fourth-order valence-electron chi connectivity index (χ4n) is 2.13. The van der Waals surface area contributed by atoms with Crippen LogP contribution in [0.3, 0.4) is 0 Å². The molecular weight excluding hydrogens is 280 g/mol. The Morgan fingerprint density at radius 1 is 0.909 bits per heavy atom. The van der Waals surface area contributed by atoms with Crippen molar-refractivity contribution in [3.05, 3.63) is 76.7 Å². The van der Waals surface area contributed by atoms with Crippen LogP contribution in [0.15, 0.2) is 65.9 Å². The highest BCUT2D eigenvalue weighted by atomic mass is 16.3. The van der Waals surface area contributed by atoms with Crippen LogP contribution in [-0.4, -0.2) is 22.6 Å². The summed E-state index contributed by atoms with van der Waals surface area (Å²) < 4.78 is 0. The monoisotopic (exact) mass is 298 g/mol. The van der Waals surface area contributed by atoms with E-state index >= 15 is 0 Å². The second-order valence-corrected chi connectivity index (χ2v) is 4.87. The first-order valence-corrected chi connectivity index (χ1v) is 6.91. The Hall–Kier alpha value is -2.73. The van der Waals surface area contributed by atoms with Crippen LogP contribution in [0, 0.1) is 4.91 Å². The highest BCUT2D eigenvalue weighted by Crippen LogP contribution is 2.13. The number of hydrogen-bond acceptors (Lipinski definition) is 4. The number of hydrazine groups is 1. The van der Waals surface area contributed by atoms with Crippen molar-refractivity contribution >= 4 is 5.91 Å². The van der Waals surface area contributed by atoms with Crippen LogP contribution in [0.25, 0.3) is 0 Å². The SMILES string of the molecule is NC(=O)CN(N=O)N(Cc1ccccc1)Cc1ccccc1. The van der Waals surface area contributed by atoms with Crippen molar-refractivity contribution in [1.29, 1.82) is 0 Å². The molecule has 2 aromatic carbocycles. The van der Waals surface area contributed by atoms with Crippen molar-refractivity contribution in [1.82, 2.24) is 10.1 Å². The zero-order valence-corrected chi connectivity index (χ0v) is 12.1. The van der Waals surface area contributed by atoms with Crippen molar-refractivity contribution in [2.75, 3.05) is 6.54 Å². The number of nitrogens with two attached hydrogens (primary N) is 1. The van der Waals surface area contributed by atoms with E-state index in [-0.39, 0.29) is 6.54 Å². The minimum atomic E-state index is -0.606. The molecule has 2 N–H and O–H groups in total. The minimum Gasteiger partial charge on any atom is -0.368 e. The molecule has 0 bridgehead atoms. The molecule has 6 nitrogen and oxygen atoms in total. The van der Waals surface area contributed by atoms with Gasteiger partial charge in [-0.2, -0.15) is 10.1 Å². The van der Waals surface area contributed by atoms with Crippen LogP contribution in [-0.2, 0) is 17.9 Å². The number of rotatable bonds is 8. The Labute approximate surface area is 129 Å². The van der Waals surface area contributed by atoms with Crippen LogP contribution in [0.4, 0.5) is 0 Å². The third-order valence-electron chi connectivity index (χ3n) is 3.13. The summed E-state index contributed by atoms with van der Waals surface area (Å²) in [6, 6.07) is 19.3. The highest BCUT2D eigenvalue weighted by Gasteiger charge is 2.18. The van der Waals surface area contributed by atoms with Gasteiger partial charge in [0.25, 0.3) is 0 Å². The molecule has 0 spiro atoms. The van der Waals surface area contributed by atoms with Gasteiger partial charge in [-0.15, -0.1) is 4.91 Å². The topological polar surface area (TPSA) is 79.0 Å². The molecule has 2 rings (SSSR count). The smallest absolute Gasteiger partial charge is 0.240 e. The third kappa shape index (κ3) is 4.68. The number of carbonyl (C=O) groups excluding carboxylic acids is 1. The number of nitroso groups, excluding NO2 is 1. The van der Waals surface area contributed by atoms with E-state index in [9.17, 15) is 9.70 Å². The van der Waals surface area contributed by atoms with Crippen molar-refractivity contribution < 1.29 is 4.79 Å². The van der Waals surface area contributed by atoms with Gasteiger partial charge in [-0.3, -0.25) is 4.79 Å². The number of nitrogens with zero attached hydrogens (tertiary/aromatic N) is 3. The van der Waals surface area contributed by atoms with E-state index in [0.717, 1.165) is 16.2 Å². The molecule has 22 heavy (non-hydrogen) atoms. The summed E-state index contributed by atoms with van der Waals surface area (Å²) >= 11 is 0. The van der Waals surface area contributed by atoms with Gasteiger partial charge >= 0.3 is 0 Å². The maximum atomic E-state index is 11.1. The fraction of sp³-hybridized carbons (Fsp3) is 0.188. The van der Waals surface area contributed by atoms with Crippen molar-refractivity contribution in [2.45, 2.75) is 13.1 Å². The molecule has 1 amide bonds. The first-order valence-electron chi connectivity index (χ1n) is 6.91. The first kappa shape index (κ1) is 15.7. The lowest BCUT2D eigenvalue weighted by molar-refractivity contribution is -0.126. The van der Waals surface area contributed by atoms with Gasteiger partial charge in [0.05, 0.1) is 5.29 Å². The van der Waals surface area contributed by atoms with Crippen LogP contribution in [0.1, 0.15) is 11.1 Å². The molecule has 0 atom stereocenters. The summed E-state index contributed by atoms with van der Waals surface area (Å²) in [7, 11) is 0. The predicted octanol–water partition coefficient (Wildman–Crippen LogP) is 2.07. The summed E-state index contributed by atoms with van der Waals surface area (Å²) in [4.78, 5) is 22.2. The van der Waals surface area contributed by atoms with Crippen molar-refractivity contribution in [2.24, 2.45) is 11.0 Å². The van der Waals surface area contributed by atoms with E-state index in [2.05, 4.69) is 5.29 Å². The van der Waals surface area contributed by atoms with Gasteiger partial charge < -0.3 is 5.73 Å². The van der Waals surface area contributed by atoms with Crippen molar-refractivity contribution in [3.63, 3.8) is 0 Å². The molecule has 0 unspecified atom stereocenters. The average Bonchev–Trinajstić information content (AvgIpc) is 2.54. The van der Waals surface area contributed by atoms with Gasteiger partial charge in [0, 0.05) is 13.1 Å². The number of primary amides is 1. The van der Waals surface area contributed by atoms with Crippen LogP contribution >= 0.6 is 0 Å². The summed E-state index contributed by atoms with van der Waals surface area (Å²) in [5, 5.41) is 5.70. The molecule has 0 saturated carbocycles. The third-order valence-corrected chi connectivity index (χ3v) is 3.13. The zero-order chi connectivity index (χ0) is 15.8. The molecule has 6 heteroatoms. The van der Waals surface area contributed by atoms with E-state index in [0.29, 0.717) is 13.1 Å². The Bertz CT molecular complexity index is 563. The van der Waals surface area contributed by atoms with E-state index in [1.165, 1.54) is 0 Å². The lowest BCUT2D eigenvalue weighted by atomic mass is 10.2. The van der Waals surface area contributed by atoms with Crippen LogP contribution in [0.2, 0.25) is 0 Å². The molecule has 2 aromatic rings. The second kappa shape index (κ2) is 7.90. The number of benzene rings is 2. The number of amides is 1. The molecule has 0 fully saturated rings. The van der Waals surface area contributed by atoms with Gasteiger partial charge in [-0.1, -0.05) is 60.7 Å². The normalized spacial score (nSPS) is 10.4. The summed E-state index contributed by atoms with van der Waals surface area (Å²) in [6.45, 7) is 0.659. The molecule has 0 radical (unpaired) electrons. The Morgan fingerprint density at radius 3 is 1.73 bits per heavy atom. The first-order chi connectivity index (χ1) is 10.7. The number of hydrogen-bond donors (Lipinski definition) is 1. The molecular formula is C16H18N4O2. The quantitative estimate of drug-likeness (QED) is 0.597. The van der Waals surface area contributed by atoms with Gasteiger partial charge in [-0.25, -0.2) is 0 Å². The Kier molecular flexibility index (Phi) is 5.62. The van der Waals surface area contributed by atoms with Gasteiger partial charge in [0.15, 0.2) is 0 Å². The maximum absolute atomic E-state index is 11.1. The molecule has 0 heterocycles. The lowest BCUT2D eigenvalue weighted by Crippen LogP contribution is -2.42. The Morgan fingerprint density at radius 2 is 1.36 bits per heavy atom. The maximum Gasteiger partial charge on any atom is 0.240 e. The van der Waals surface area contributed by atoms with Crippen LogP contribution < -0.4 is 5.73 Å². The minimum absolute atomic E-state index is 0.247. The van der Waals surface area contributed by atoms with Crippen molar-refractivity contribution in [3.8, 4) is 0 Å². The molecule has 114 valence electrons. The summed E-state index contributed by atoms with van der Waals surface area (Å²) in [5.41, 5.74) is 7.21.